The number of fused-ring (bicyclic) bond motifs is 1. The first-order chi connectivity index (χ1) is 7.63. The predicted octanol–water partition coefficient (Wildman–Crippen LogP) is 3.70. The molecule has 0 radical (unpaired) electrons. The molecule has 2 rings (SSSR count). The Labute approximate surface area is 99.3 Å². The van der Waals surface area contributed by atoms with E-state index in [1.165, 1.54) is 36.8 Å². The SMILES string of the molecule is CC1=CC2=C(C(C)CO)CC[C@H](C)[C@@H]2CC1. The molecule has 0 heterocycles. The molecular formula is C15H24O. The zero-order valence-electron chi connectivity index (χ0n) is 10.8. The maximum absolute atomic E-state index is 9.35. The topological polar surface area (TPSA) is 20.2 Å². The van der Waals surface area contributed by atoms with Gasteiger partial charge in [-0.2, -0.15) is 0 Å². The van der Waals surface area contributed by atoms with E-state index in [2.05, 4.69) is 26.8 Å². The van der Waals surface area contributed by atoms with Crippen LogP contribution in [0.1, 0.15) is 46.5 Å². The molecule has 1 N–H and O–H groups in total. The minimum atomic E-state index is 0.298. The van der Waals surface area contributed by atoms with Crippen molar-refractivity contribution < 1.29 is 5.11 Å². The number of rotatable bonds is 2. The van der Waals surface area contributed by atoms with Gasteiger partial charge in [-0.15, -0.1) is 0 Å². The molecule has 3 atom stereocenters. The first kappa shape index (κ1) is 11.9. The van der Waals surface area contributed by atoms with E-state index < -0.39 is 0 Å². The van der Waals surface area contributed by atoms with Gasteiger partial charge in [-0.1, -0.05) is 31.1 Å². The number of hydrogen-bond donors (Lipinski definition) is 1. The van der Waals surface area contributed by atoms with Gasteiger partial charge in [0, 0.05) is 12.5 Å². The molecule has 0 saturated heterocycles. The molecule has 0 saturated carbocycles. The minimum absolute atomic E-state index is 0.298. The van der Waals surface area contributed by atoms with Gasteiger partial charge in [0.05, 0.1) is 0 Å². The van der Waals surface area contributed by atoms with E-state index in [1.807, 2.05) is 0 Å². The lowest BCUT2D eigenvalue weighted by Crippen LogP contribution is -2.25. The molecule has 0 aromatic rings. The van der Waals surface area contributed by atoms with Gasteiger partial charge in [-0.25, -0.2) is 0 Å². The zero-order chi connectivity index (χ0) is 11.7. The fraction of sp³-hybridized carbons (Fsp3) is 0.733. The van der Waals surface area contributed by atoms with E-state index in [0.717, 1.165) is 11.8 Å². The quantitative estimate of drug-likeness (QED) is 0.752. The molecule has 1 unspecified atom stereocenters. The third-order valence-corrected chi connectivity index (χ3v) is 4.45. The van der Waals surface area contributed by atoms with Gasteiger partial charge in [0.1, 0.15) is 0 Å². The Morgan fingerprint density at radius 1 is 1.38 bits per heavy atom. The summed E-state index contributed by atoms with van der Waals surface area (Å²) in [5.41, 5.74) is 4.62. The molecule has 0 bridgehead atoms. The Balaban J connectivity index is 2.38. The second-order valence-corrected chi connectivity index (χ2v) is 5.72. The van der Waals surface area contributed by atoms with E-state index in [4.69, 9.17) is 0 Å². The molecular weight excluding hydrogens is 196 g/mol. The van der Waals surface area contributed by atoms with Crippen LogP contribution in [-0.4, -0.2) is 11.7 Å². The van der Waals surface area contributed by atoms with Crippen LogP contribution in [0.3, 0.4) is 0 Å². The second-order valence-electron chi connectivity index (χ2n) is 5.72. The highest BCUT2D eigenvalue weighted by molar-refractivity contribution is 5.36. The summed E-state index contributed by atoms with van der Waals surface area (Å²) in [4.78, 5) is 0. The average molecular weight is 220 g/mol. The van der Waals surface area contributed by atoms with Crippen LogP contribution in [0.4, 0.5) is 0 Å². The van der Waals surface area contributed by atoms with Gasteiger partial charge in [0.15, 0.2) is 0 Å². The normalized spacial score (nSPS) is 32.1. The summed E-state index contributed by atoms with van der Waals surface area (Å²) in [6.07, 6.45) is 7.49. The fourth-order valence-electron chi connectivity index (χ4n) is 3.28. The molecule has 0 aromatic carbocycles. The smallest absolute Gasteiger partial charge is 0.0494 e. The largest absolute Gasteiger partial charge is 0.396 e. The molecule has 0 amide bonds. The third-order valence-electron chi connectivity index (χ3n) is 4.45. The summed E-state index contributed by atoms with van der Waals surface area (Å²) >= 11 is 0. The fourth-order valence-corrected chi connectivity index (χ4v) is 3.28. The van der Waals surface area contributed by atoms with Gasteiger partial charge in [0.25, 0.3) is 0 Å². The summed E-state index contributed by atoms with van der Waals surface area (Å²) < 4.78 is 0. The molecule has 16 heavy (non-hydrogen) atoms. The van der Waals surface area contributed by atoms with Crippen molar-refractivity contribution in [1.82, 2.24) is 0 Å². The Hall–Kier alpha value is -0.560. The molecule has 1 nitrogen and oxygen atoms in total. The van der Waals surface area contributed by atoms with E-state index in [1.54, 1.807) is 5.57 Å². The van der Waals surface area contributed by atoms with Crippen LogP contribution >= 0.6 is 0 Å². The lowest BCUT2D eigenvalue weighted by Gasteiger charge is -2.37. The van der Waals surface area contributed by atoms with Crippen LogP contribution < -0.4 is 0 Å². The van der Waals surface area contributed by atoms with Crippen molar-refractivity contribution in [3.63, 3.8) is 0 Å². The standard InChI is InChI=1S/C15H24O/c1-10-4-6-13-11(2)5-7-14(12(3)9-16)15(13)8-10/h8,11-13,16H,4-7,9H2,1-3H3/t11-,12?,13-/m0/s1. The summed E-state index contributed by atoms with van der Waals surface area (Å²) in [6.45, 7) is 7.09. The number of aliphatic hydroxyl groups is 1. The monoisotopic (exact) mass is 220 g/mol. The lowest BCUT2D eigenvalue weighted by atomic mass is 9.68. The molecule has 1 heteroatoms. The van der Waals surface area contributed by atoms with Crippen LogP contribution in [-0.2, 0) is 0 Å². The van der Waals surface area contributed by atoms with Crippen molar-refractivity contribution >= 4 is 0 Å². The number of aliphatic hydroxyl groups excluding tert-OH is 1. The zero-order valence-corrected chi connectivity index (χ0v) is 10.8. The van der Waals surface area contributed by atoms with Crippen molar-refractivity contribution in [2.45, 2.75) is 46.5 Å². The van der Waals surface area contributed by atoms with Crippen molar-refractivity contribution in [3.05, 3.63) is 22.8 Å². The molecule has 0 spiro atoms. The van der Waals surface area contributed by atoms with E-state index in [-0.39, 0.29) is 0 Å². The summed E-state index contributed by atoms with van der Waals surface area (Å²) in [5.74, 6) is 1.95. The third kappa shape index (κ3) is 2.10. The highest BCUT2D eigenvalue weighted by atomic mass is 16.3. The second kappa shape index (κ2) is 4.75. The van der Waals surface area contributed by atoms with Gasteiger partial charge in [0.2, 0.25) is 0 Å². The van der Waals surface area contributed by atoms with Crippen molar-refractivity contribution in [2.24, 2.45) is 17.8 Å². The maximum Gasteiger partial charge on any atom is 0.0494 e. The van der Waals surface area contributed by atoms with Crippen molar-refractivity contribution in [3.8, 4) is 0 Å². The lowest BCUT2D eigenvalue weighted by molar-refractivity contribution is 0.242. The summed E-state index contributed by atoms with van der Waals surface area (Å²) in [5, 5.41) is 9.35. The minimum Gasteiger partial charge on any atom is -0.396 e. The first-order valence-corrected chi connectivity index (χ1v) is 6.64. The van der Waals surface area contributed by atoms with Crippen molar-refractivity contribution in [2.75, 3.05) is 6.61 Å². The highest BCUT2D eigenvalue weighted by Crippen LogP contribution is 2.43. The van der Waals surface area contributed by atoms with E-state index in [9.17, 15) is 5.11 Å². The number of allylic oxidation sites excluding steroid dienone is 3. The first-order valence-electron chi connectivity index (χ1n) is 6.64. The van der Waals surface area contributed by atoms with Gasteiger partial charge in [-0.3, -0.25) is 0 Å². The predicted molar refractivity (Wildman–Crippen MR) is 68.2 cm³/mol. The summed E-state index contributed by atoms with van der Waals surface area (Å²) in [6, 6.07) is 0. The van der Waals surface area contributed by atoms with Gasteiger partial charge in [-0.05, 0) is 50.0 Å². The Bertz CT molecular complexity index is 324. The van der Waals surface area contributed by atoms with Crippen LogP contribution in [0.15, 0.2) is 22.8 Å². The molecule has 90 valence electrons. The maximum atomic E-state index is 9.35. The van der Waals surface area contributed by atoms with Gasteiger partial charge >= 0.3 is 0 Å². The van der Waals surface area contributed by atoms with Crippen LogP contribution in [0.25, 0.3) is 0 Å². The summed E-state index contributed by atoms with van der Waals surface area (Å²) in [7, 11) is 0. The van der Waals surface area contributed by atoms with Crippen molar-refractivity contribution in [1.29, 1.82) is 0 Å². The Morgan fingerprint density at radius 3 is 2.81 bits per heavy atom. The molecule has 0 fully saturated rings. The van der Waals surface area contributed by atoms with Crippen LogP contribution in [0, 0.1) is 17.8 Å². The number of hydrogen-bond acceptors (Lipinski definition) is 1. The van der Waals surface area contributed by atoms with Gasteiger partial charge < -0.3 is 5.11 Å². The highest BCUT2D eigenvalue weighted by Gasteiger charge is 2.31. The molecule has 0 aliphatic heterocycles. The average Bonchev–Trinajstić information content (AvgIpc) is 2.28. The molecule has 0 aromatic heterocycles. The van der Waals surface area contributed by atoms with Crippen LogP contribution in [0.2, 0.25) is 0 Å². The molecule has 2 aliphatic carbocycles. The van der Waals surface area contributed by atoms with Crippen LogP contribution in [0.5, 0.6) is 0 Å². The Morgan fingerprint density at radius 2 is 2.12 bits per heavy atom. The Kier molecular flexibility index (Phi) is 3.53. The molecule has 2 aliphatic rings. The van der Waals surface area contributed by atoms with E-state index >= 15 is 0 Å². The van der Waals surface area contributed by atoms with E-state index in [0.29, 0.717) is 12.5 Å².